The van der Waals surface area contributed by atoms with Gasteiger partial charge in [-0.15, -0.1) is 0 Å². The molecule has 7 aliphatic rings. The number of para-hydroxylation sites is 1. The number of carbonyl (C=O) groups is 4. The Morgan fingerprint density at radius 2 is 1.70 bits per heavy atom. The van der Waals surface area contributed by atoms with Crippen molar-refractivity contribution in [2.45, 2.75) is 99.5 Å². The lowest BCUT2D eigenvalue weighted by Gasteiger charge is -2.63. The molecule has 16 heteroatoms. The number of methoxy groups -OCH3 is 3. The number of nitrogens with one attached hydrogen (secondary N) is 2. The molecule has 3 saturated heterocycles. The first-order valence-corrected chi connectivity index (χ1v) is 25.3. The molecule has 360 valence electrons. The van der Waals surface area contributed by atoms with Gasteiger partial charge in [-0.2, -0.15) is 11.8 Å². The van der Waals surface area contributed by atoms with Gasteiger partial charge in [-0.05, 0) is 74.2 Å². The fraction of sp³-hybridized carbons (Fsp3) is 0.608. The van der Waals surface area contributed by atoms with E-state index in [4.69, 9.17) is 18.9 Å². The number of likely N-dealkylation sites (N-methyl/N-ethyl adjacent to an activating group) is 1. The molecule has 1 aromatic heterocycles. The molecule has 3 N–H and O–H groups in total. The number of thioether (sulfide) groups is 1. The smallest absolute Gasteiger partial charge is 0.344 e. The van der Waals surface area contributed by atoms with Crippen molar-refractivity contribution in [3.8, 4) is 5.75 Å². The molecule has 15 nitrogen and oxygen atoms in total. The Hall–Kier alpha value is -4.77. The number of rotatable bonds is 8. The third-order valence-electron chi connectivity index (χ3n) is 17.3. The molecular weight excluding hydrogens is 873 g/mol. The highest BCUT2D eigenvalue weighted by molar-refractivity contribution is 7.99. The highest BCUT2D eigenvalue weighted by atomic mass is 32.2. The van der Waals surface area contributed by atoms with Crippen LogP contribution in [0.15, 0.2) is 48.6 Å². The topological polar surface area (TPSA) is 166 Å². The van der Waals surface area contributed by atoms with Gasteiger partial charge in [-0.3, -0.25) is 14.5 Å². The third-order valence-corrected chi connectivity index (χ3v) is 18.2. The second-order valence-corrected chi connectivity index (χ2v) is 21.5. The number of carbonyl (C=O) groups excluding carboxylic acids is 4. The lowest BCUT2D eigenvalue weighted by molar-refractivity contribution is -0.228. The van der Waals surface area contributed by atoms with Gasteiger partial charge >= 0.3 is 23.9 Å². The number of aromatic amines is 1. The summed E-state index contributed by atoms with van der Waals surface area (Å²) in [6.45, 7) is 10.3. The van der Waals surface area contributed by atoms with E-state index in [1.54, 1.807) is 7.11 Å². The Bertz CT molecular complexity index is 2530. The van der Waals surface area contributed by atoms with Crippen LogP contribution in [0.25, 0.3) is 10.9 Å². The molecule has 6 aliphatic heterocycles. The van der Waals surface area contributed by atoms with Gasteiger partial charge < -0.3 is 49.1 Å². The first kappa shape index (κ1) is 46.0. The van der Waals surface area contributed by atoms with Crippen LogP contribution < -0.4 is 15.0 Å². The highest BCUT2D eigenvalue weighted by Gasteiger charge is 2.80. The summed E-state index contributed by atoms with van der Waals surface area (Å²) in [6.07, 6.45) is 6.20. The average molecular weight is 939 g/mol. The Morgan fingerprint density at radius 1 is 0.940 bits per heavy atom. The first-order valence-electron chi connectivity index (χ1n) is 24.1. The molecule has 1 aliphatic carbocycles. The van der Waals surface area contributed by atoms with Crippen LogP contribution in [0, 0.1) is 11.3 Å². The SMILES string of the molecule is CC[C@]1(NC(=O)N2CCSCC2)C[C@@H]2CN(CCc3c([nH]c4ccccc34)[C@@](C(=O)OC)(c3cc4c(cc3OC)N(C)[C@H]3[C@@](O)(C(=O)OC)[C@H](OC(C)=O)[C@]5(CC)C=CCN6CC[C@]43[C@@H]65)C2)C1. The second-order valence-electron chi connectivity index (χ2n) is 20.3. The van der Waals surface area contributed by atoms with Crippen LogP contribution in [0.4, 0.5) is 10.5 Å². The van der Waals surface area contributed by atoms with Crippen molar-refractivity contribution >= 4 is 52.3 Å². The van der Waals surface area contributed by atoms with Gasteiger partial charge in [0.25, 0.3) is 0 Å². The van der Waals surface area contributed by atoms with Gasteiger partial charge in [-0.25, -0.2) is 9.59 Å². The molecule has 3 aromatic rings. The van der Waals surface area contributed by atoms with E-state index < -0.39 is 57.4 Å². The molecule has 67 heavy (non-hydrogen) atoms. The number of fused-ring (bicyclic) bond motifs is 6. The maximum Gasteiger partial charge on any atom is 0.344 e. The van der Waals surface area contributed by atoms with Crippen LogP contribution >= 0.6 is 11.8 Å². The van der Waals surface area contributed by atoms with Gasteiger partial charge in [0.2, 0.25) is 5.60 Å². The van der Waals surface area contributed by atoms with Gasteiger partial charge in [0.1, 0.15) is 11.2 Å². The Labute approximate surface area is 397 Å². The summed E-state index contributed by atoms with van der Waals surface area (Å²) in [4.78, 5) is 70.0. The van der Waals surface area contributed by atoms with Crippen molar-refractivity contribution in [2.75, 3.05) is 90.6 Å². The third kappa shape index (κ3) is 6.47. The lowest BCUT2D eigenvalue weighted by Crippen LogP contribution is -2.81. The molecule has 2 aromatic carbocycles. The van der Waals surface area contributed by atoms with E-state index in [2.05, 4.69) is 57.4 Å². The number of amides is 2. The normalized spacial score (nSPS) is 35.3. The summed E-state index contributed by atoms with van der Waals surface area (Å²) in [5.74, 6) is 0.283. The number of H-pyrrole nitrogens is 1. The Morgan fingerprint density at radius 3 is 2.40 bits per heavy atom. The fourth-order valence-corrected chi connectivity index (χ4v) is 15.7. The Kier molecular flexibility index (Phi) is 11.5. The number of nitrogens with zero attached hydrogens (tertiary/aromatic N) is 4. The van der Waals surface area contributed by atoms with Gasteiger partial charge in [0.15, 0.2) is 6.10 Å². The number of urea groups is 1. The van der Waals surface area contributed by atoms with Crippen molar-refractivity contribution < 1.29 is 43.2 Å². The predicted molar refractivity (Wildman–Crippen MR) is 256 cm³/mol. The minimum Gasteiger partial charge on any atom is -0.496 e. The molecular formula is C51H66N6O9S. The summed E-state index contributed by atoms with van der Waals surface area (Å²) >= 11 is 1.87. The van der Waals surface area contributed by atoms with E-state index in [-0.39, 0.29) is 18.0 Å². The minimum absolute atomic E-state index is 0.0343. The number of anilines is 1. The van der Waals surface area contributed by atoms with E-state index in [0.717, 1.165) is 57.9 Å². The molecule has 2 bridgehead atoms. The van der Waals surface area contributed by atoms with Crippen molar-refractivity contribution in [3.63, 3.8) is 0 Å². The minimum atomic E-state index is -2.32. The monoisotopic (exact) mass is 938 g/mol. The van der Waals surface area contributed by atoms with E-state index >= 15 is 4.79 Å². The molecule has 1 saturated carbocycles. The van der Waals surface area contributed by atoms with E-state index in [0.29, 0.717) is 82.7 Å². The number of piperidine rings is 1. The second kappa shape index (κ2) is 16.7. The molecule has 7 heterocycles. The fourth-order valence-electron chi connectivity index (χ4n) is 14.8. The predicted octanol–water partition coefficient (Wildman–Crippen LogP) is 4.76. The zero-order valence-corrected chi connectivity index (χ0v) is 40.8. The summed E-state index contributed by atoms with van der Waals surface area (Å²) < 4.78 is 24.3. The molecule has 1 unspecified atom stereocenters. The molecule has 10 rings (SSSR count). The number of esters is 3. The first-order chi connectivity index (χ1) is 32.2. The van der Waals surface area contributed by atoms with E-state index in [1.807, 2.05) is 53.7 Å². The molecule has 10 atom stereocenters. The maximum atomic E-state index is 15.7. The quantitative estimate of drug-likeness (QED) is 0.161. The standard InChI is InChI=1S/C51H66N6O9S/c1-8-47(53-46(61)57-21-23-67-24-22-57)27-32-28-50(44(59)64-6,40-34(15-19-55(29-32)30-47)33-13-10-11-14-37(33)52-40)36-25-35-38(26-39(36)63-5)54(4)42-49(35)17-20-56-18-12-16-48(9-2,41(49)56)43(66-31(3)58)51(42,62)45(60)65-7/h10-14,16,25-26,32,41-43,52,62H,8-9,15,17-24,27-30H2,1-7H3,(H,53,61)/t32-,41-,42+,43+,47-,48+,49+,50-,51-/m0/s1. The van der Waals surface area contributed by atoms with Crippen molar-refractivity contribution in [1.82, 2.24) is 25.0 Å². The van der Waals surface area contributed by atoms with Gasteiger partial charge in [-0.1, -0.05) is 44.2 Å². The van der Waals surface area contributed by atoms with Crippen LogP contribution in [0.5, 0.6) is 5.75 Å². The number of ether oxygens (including phenoxy) is 4. The van der Waals surface area contributed by atoms with Gasteiger partial charge in [0, 0.05) is 116 Å². The summed E-state index contributed by atoms with van der Waals surface area (Å²) in [7, 11) is 6.20. The molecule has 2 amide bonds. The van der Waals surface area contributed by atoms with Crippen LogP contribution in [-0.4, -0.2) is 164 Å². The maximum absolute atomic E-state index is 15.7. The van der Waals surface area contributed by atoms with Crippen LogP contribution in [0.3, 0.4) is 0 Å². The average Bonchev–Trinajstić information content (AvgIpc) is 4.00. The number of hydrogen-bond donors (Lipinski definition) is 3. The zero-order valence-electron chi connectivity index (χ0n) is 39.9. The summed E-state index contributed by atoms with van der Waals surface area (Å²) in [5, 5.41) is 18.1. The van der Waals surface area contributed by atoms with Crippen molar-refractivity contribution in [2.24, 2.45) is 11.3 Å². The lowest BCUT2D eigenvalue weighted by atomic mass is 9.47. The van der Waals surface area contributed by atoms with Crippen molar-refractivity contribution in [3.05, 3.63) is 70.9 Å². The Balaban J connectivity index is 1.21. The van der Waals surface area contributed by atoms with Crippen LogP contribution in [-0.2, 0) is 45.8 Å². The number of aliphatic hydroxyl groups is 1. The largest absolute Gasteiger partial charge is 0.496 e. The van der Waals surface area contributed by atoms with E-state index in [1.165, 1.54) is 21.1 Å². The molecule has 0 radical (unpaired) electrons. The highest BCUT2D eigenvalue weighted by Crippen LogP contribution is 2.68. The summed E-state index contributed by atoms with van der Waals surface area (Å²) in [6, 6.07) is 11.0. The van der Waals surface area contributed by atoms with E-state index in [9.17, 15) is 19.5 Å². The zero-order chi connectivity index (χ0) is 47.3. The number of hydrogen-bond acceptors (Lipinski definition) is 13. The molecule has 4 fully saturated rings. The number of benzene rings is 2. The van der Waals surface area contributed by atoms with Crippen molar-refractivity contribution in [1.29, 1.82) is 0 Å². The summed E-state index contributed by atoms with van der Waals surface area (Å²) in [5.41, 5.74) is -1.32. The van der Waals surface area contributed by atoms with Crippen LogP contribution in [0.1, 0.15) is 75.3 Å². The number of aromatic nitrogens is 1. The van der Waals surface area contributed by atoms with Crippen LogP contribution in [0.2, 0.25) is 0 Å². The van der Waals surface area contributed by atoms with Gasteiger partial charge in [0.05, 0.1) is 32.9 Å². The molecule has 1 spiro atoms.